The first kappa shape index (κ1) is 10.1. The standard InChI is InChI=1S/C11H17N3O2/c1-5-7-8-6(10(8,2)3)4-11(7,16)14(13-5)9(12)15/h6-8,16H,4H2,1-3H3,(H2,12,15)/t6-,7-,8+,11+/m1/s1. The highest BCUT2D eigenvalue weighted by Gasteiger charge is 2.75. The van der Waals surface area contributed by atoms with Crippen LogP contribution in [0.3, 0.4) is 0 Å². The third-order valence-corrected chi connectivity index (χ3v) is 4.80. The van der Waals surface area contributed by atoms with E-state index in [0.717, 1.165) is 10.7 Å². The Labute approximate surface area is 94.3 Å². The highest BCUT2D eigenvalue weighted by atomic mass is 16.3. The lowest BCUT2D eigenvalue weighted by Crippen LogP contribution is -2.52. The molecule has 2 amide bonds. The van der Waals surface area contributed by atoms with Gasteiger partial charge in [-0.15, -0.1) is 0 Å². The summed E-state index contributed by atoms with van der Waals surface area (Å²) in [4.78, 5) is 11.3. The van der Waals surface area contributed by atoms with Gasteiger partial charge in [0.1, 0.15) is 0 Å². The number of amides is 2. The monoisotopic (exact) mass is 223 g/mol. The summed E-state index contributed by atoms with van der Waals surface area (Å²) in [6.07, 6.45) is 0.596. The van der Waals surface area contributed by atoms with E-state index in [1.54, 1.807) is 0 Å². The maximum absolute atomic E-state index is 11.3. The molecule has 0 aromatic heterocycles. The van der Waals surface area contributed by atoms with E-state index < -0.39 is 11.8 Å². The SMILES string of the molecule is CC1=NN(C(N)=O)[C@]2(O)C[C@@H]3[C@@H]([C@@H]12)C3(C)C. The van der Waals surface area contributed by atoms with Crippen LogP contribution in [0.1, 0.15) is 27.2 Å². The topological polar surface area (TPSA) is 78.9 Å². The number of rotatable bonds is 0. The van der Waals surface area contributed by atoms with E-state index in [4.69, 9.17) is 5.73 Å². The summed E-state index contributed by atoms with van der Waals surface area (Å²) in [5.41, 5.74) is 5.19. The minimum atomic E-state index is -1.15. The second-order valence-electron chi connectivity index (χ2n) is 5.91. The van der Waals surface area contributed by atoms with Crippen LogP contribution in [0.15, 0.2) is 5.10 Å². The summed E-state index contributed by atoms with van der Waals surface area (Å²) in [5, 5.41) is 15.8. The molecule has 3 aliphatic rings. The molecular formula is C11H17N3O2. The summed E-state index contributed by atoms with van der Waals surface area (Å²) >= 11 is 0. The summed E-state index contributed by atoms with van der Waals surface area (Å²) in [5.74, 6) is 0.889. The van der Waals surface area contributed by atoms with Crippen molar-refractivity contribution in [2.45, 2.75) is 32.9 Å². The van der Waals surface area contributed by atoms with E-state index in [2.05, 4.69) is 18.9 Å². The van der Waals surface area contributed by atoms with Gasteiger partial charge in [-0.2, -0.15) is 10.1 Å². The van der Waals surface area contributed by atoms with Crippen LogP contribution in [-0.4, -0.2) is 27.6 Å². The second kappa shape index (κ2) is 2.42. The molecule has 0 unspecified atom stereocenters. The molecule has 3 rings (SSSR count). The van der Waals surface area contributed by atoms with Crippen LogP contribution in [0.2, 0.25) is 0 Å². The number of hydrogen-bond acceptors (Lipinski definition) is 3. The van der Waals surface area contributed by atoms with Crippen molar-refractivity contribution in [2.24, 2.45) is 34.0 Å². The fraction of sp³-hybridized carbons (Fsp3) is 0.818. The molecule has 1 heterocycles. The highest BCUT2D eigenvalue weighted by molar-refractivity contribution is 5.91. The third kappa shape index (κ3) is 0.867. The predicted octanol–water partition coefficient (Wildman–Crippen LogP) is 0.737. The maximum Gasteiger partial charge on any atom is 0.337 e. The van der Waals surface area contributed by atoms with Crippen LogP contribution in [0.25, 0.3) is 0 Å². The Morgan fingerprint density at radius 2 is 2.25 bits per heavy atom. The largest absolute Gasteiger partial charge is 0.368 e. The normalized spacial score (nSPS) is 47.4. The van der Waals surface area contributed by atoms with Gasteiger partial charge in [0.05, 0.1) is 5.92 Å². The van der Waals surface area contributed by atoms with Crippen molar-refractivity contribution >= 4 is 11.7 Å². The van der Waals surface area contributed by atoms with Gasteiger partial charge in [0.15, 0.2) is 5.72 Å². The minimum absolute atomic E-state index is 0.0278. The first-order valence-electron chi connectivity index (χ1n) is 5.67. The molecule has 2 saturated carbocycles. The summed E-state index contributed by atoms with van der Waals surface area (Å²) in [6, 6.07) is -0.663. The average molecular weight is 223 g/mol. The molecule has 0 spiro atoms. The van der Waals surface area contributed by atoms with Crippen molar-refractivity contribution in [1.29, 1.82) is 0 Å². The van der Waals surface area contributed by atoms with Crippen molar-refractivity contribution in [1.82, 2.24) is 5.01 Å². The van der Waals surface area contributed by atoms with E-state index in [9.17, 15) is 9.90 Å². The number of primary amides is 1. The highest BCUT2D eigenvalue weighted by Crippen LogP contribution is 2.73. The Kier molecular flexibility index (Phi) is 1.53. The van der Waals surface area contributed by atoms with Gasteiger partial charge in [0, 0.05) is 12.1 Å². The van der Waals surface area contributed by atoms with Gasteiger partial charge < -0.3 is 10.8 Å². The molecule has 88 valence electrons. The molecule has 0 bridgehead atoms. The van der Waals surface area contributed by atoms with Gasteiger partial charge in [0.2, 0.25) is 0 Å². The molecule has 1 aliphatic heterocycles. The van der Waals surface area contributed by atoms with Gasteiger partial charge in [-0.3, -0.25) is 0 Å². The molecule has 5 nitrogen and oxygen atoms in total. The number of hydrogen-bond donors (Lipinski definition) is 2. The molecule has 2 aliphatic carbocycles. The zero-order valence-corrected chi connectivity index (χ0v) is 9.77. The van der Waals surface area contributed by atoms with Crippen molar-refractivity contribution < 1.29 is 9.90 Å². The van der Waals surface area contributed by atoms with Crippen molar-refractivity contribution in [3.8, 4) is 0 Å². The first-order chi connectivity index (χ1) is 7.30. The number of urea groups is 1. The molecular weight excluding hydrogens is 206 g/mol. The summed E-state index contributed by atoms with van der Waals surface area (Å²) in [6.45, 7) is 6.29. The Morgan fingerprint density at radius 1 is 1.62 bits per heavy atom. The van der Waals surface area contributed by atoms with Crippen LogP contribution in [0.5, 0.6) is 0 Å². The van der Waals surface area contributed by atoms with E-state index in [1.165, 1.54) is 0 Å². The molecule has 2 fully saturated rings. The Morgan fingerprint density at radius 3 is 2.81 bits per heavy atom. The molecule has 0 radical (unpaired) electrons. The number of nitrogens with two attached hydrogens (primary N) is 1. The molecule has 16 heavy (non-hydrogen) atoms. The number of carbonyl (C=O) groups excluding carboxylic acids is 1. The first-order valence-corrected chi connectivity index (χ1v) is 5.67. The predicted molar refractivity (Wildman–Crippen MR) is 58.3 cm³/mol. The molecule has 3 N–H and O–H groups in total. The van der Waals surface area contributed by atoms with Crippen molar-refractivity contribution in [3.63, 3.8) is 0 Å². The number of aliphatic hydroxyl groups is 1. The van der Waals surface area contributed by atoms with E-state index >= 15 is 0 Å². The van der Waals surface area contributed by atoms with Gasteiger partial charge in [-0.1, -0.05) is 13.8 Å². The lowest BCUT2D eigenvalue weighted by atomic mass is 9.84. The van der Waals surface area contributed by atoms with Crippen LogP contribution in [0, 0.1) is 23.2 Å². The zero-order valence-electron chi connectivity index (χ0n) is 9.77. The molecule has 4 atom stereocenters. The van der Waals surface area contributed by atoms with Gasteiger partial charge in [-0.25, -0.2) is 4.79 Å². The zero-order chi connectivity index (χ0) is 11.9. The Bertz CT molecular complexity index is 417. The van der Waals surface area contributed by atoms with E-state index in [0.29, 0.717) is 18.3 Å². The smallest absolute Gasteiger partial charge is 0.337 e. The lowest BCUT2D eigenvalue weighted by Gasteiger charge is -2.34. The van der Waals surface area contributed by atoms with Gasteiger partial charge in [-0.05, 0) is 24.2 Å². The molecule has 0 aromatic rings. The van der Waals surface area contributed by atoms with E-state index in [1.807, 2.05) is 6.92 Å². The Balaban J connectivity index is 1.99. The molecule has 5 heteroatoms. The third-order valence-electron chi connectivity index (χ3n) is 4.80. The number of carbonyl (C=O) groups is 1. The molecule has 0 saturated heterocycles. The Hall–Kier alpha value is -1.10. The minimum Gasteiger partial charge on any atom is -0.368 e. The number of hydrazone groups is 1. The van der Waals surface area contributed by atoms with Crippen LogP contribution in [-0.2, 0) is 0 Å². The van der Waals surface area contributed by atoms with Gasteiger partial charge in [0.25, 0.3) is 0 Å². The number of nitrogens with zero attached hydrogens (tertiary/aromatic N) is 2. The fourth-order valence-corrected chi connectivity index (χ4v) is 3.94. The van der Waals surface area contributed by atoms with Crippen molar-refractivity contribution in [2.75, 3.05) is 0 Å². The average Bonchev–Trinajstić information content (AvgIpc) is 2.51. The quantitative estimate of drug-likeness (QED) is 0.635. The summed E-state index contributed by atoms with van der Waals surface area (Å²) < 4.78 is 0. The second-order valence-corrected chi connectivity index (χ2v) is 5.91. The van der Waals surface area contributed by atoms with Crippen LogP contribution < -0.4 is 5.73 Å². The summed E-state index contributed by atoms with van der Waals surface area (Å²) in [7, 11) is 0. The van der Waals surface area contributed by atoms with Crippen LogP contribution in [0.4, 0.5) is 4.79 Å². The lowest BCUT2D eigenvalue weighted by molar-refractivity contribution is -0.0944. The van der Waals surface area contributed by atoms with Gasteiger partial charge >= 0.3 is 6.03 Å². The fourth-order valence-electron chi connectivity index (χ4n) is 3.94. The maximum atomic E-state index is 11.3. The number of fused-ring (bicyclic) bond motifs is 3. The van der Waals surface area contributed by atoms with Crippen molar-refractivity contribution in [3.05, 3.63) is 0 Å². The van der Waals surface area contributed by atoms with Crippen LogP contribution >= 0.6 is 0 Å². The van der Waals surface area contributed by atoms with E-state index in [-0.39, 0.29) is 11.3 Å². The molecule has 0 aromatic carbocycles.